The highest BCUT2D eigenvalue weighted by Gasteiger charge is 2.17. The molecule has 1 saturated carbocycles. The maximum Gasteiger partial charge on any atom is 0.0643 e. The van der Waals surface area contributed by atoms with Gasteiger partial charge < -0.3 is 15.8 Å². The second kappa shape index (κ2) is 6.35. The van der Waals surface area contributed by atoms with Crippen LogP contribution >= 0.6 is 0 Å². The third-order valence-electron chi connectivity index (χ3n) is 2.49. The van der Waals surface area contributed by atoms with Gasteiger partial charge in [0, 0.05) is 13.1 Å². The third-order valence-corrected chi connectivity index (χ3v) is 2.49. The molecule has 2 rings (SSSR count). The second-order valence-electron chi connectivity index (χ2n) is 3.83. The fourth-order valence-corrected chi connectivity index (χ4v) is 1.17. The minimum absolute atomic E-state index is 0.582. The van der Waals surface area contributed by atoms with Crippen LogP contribution in [-0.4, -0.2) is 32.3 Å². The van der Waals surface area contributed by atoms with Crippen molar-refractivity contribution in [2.24, 2.45) is 11.7 Å². The monoisotopic (exact) mass is 186 g/mol. The van der Waals surface area contributed by atoms with E-state index in [-0.39, 0.29) is 0 Å². The molecule has 3 heteroatoms. The summed E-state index contributed by atoms with van der Waals surface area (Å²) < 4.78 is 4.93. The first-order valence-electron chi connectivity index (χ1n) is 5.38. The zero-order valence-corrected chi connectivity index (χ0v) is 8.59. The first-order valence-corrected chi connectivity index (χ1v) is 5.38. The summed E-state index contributed by atoms with van der Waals surface area (Å²) in [7, 11) is 0. The number of hydrogen-bond donors (Lipinski definition) is 2. The maximum absolute atomic E-state index is 5.25. The van der Waals surface area contributed by atoms with Gasteiger partial charge in [-0.3, -0.25) is 0 Å². The largest absolute Gasteiger partial charge is 0.378 e. The molecule has 0 aromatic heterocycles. The molecular weight excluding hydrogens is 164 g/mol. The van der Waals surface area contributed by atoms with Crippen molar-refractivity contribution < 1.29 is 4.74 Å². The Morgan fingerprint density at radius 1 is 1.38 bits per heavy atom. The van der Waals surface area contributed by atoms with E-state index in [1.165, 1.54) is 19.3 Å². The van der Waals surface area contributed by atoms with Gasteiger partial charge in [0.15, 0.2) is 0 Å². The standard InChI is InChI=1S/C5H12N2O.C5H10/c6-1-2-7-5-3-8-4-5;1-2-5-3-4-5/h5,7H,1-4,6H2;5H,2-4H2,1H3. The molecule has 13 heavy (non-hydrogen) atoms. The van der Waals surface area contributed by atoms with Crippen molar-refractivity contribution in [2.75, 3.05) is 26.3 Å². The van der Waals surface area contributed by atoms with E-state index < -0.39 is 0 Å². The van der Waals surface area contributed by atoms with Crippen LogP contribution in [0.3, 0.4) is 0 Å². The highest BCUT2D eigenvalue weighted by atomic mass is 16.5. The van der Waals surface area contributed by atoms with Crippen molar-refractivity contribution in [1.29, 1.82) is 0 Å². The molecule has 0 aromatic carbocycles. The van der Waals surface area contributed by atoms with Gasteiger partial charge in [-0.15, -0.1) is 0 Å². The Labute approximate surface area is 81.0 Å². The average Bonchev–Trinajstić information content (AvgIpc) is 2.85. The summed E-state index contributed by atoms with van der Waals surface area (Å²) in [4.78, 5) is 0. The molecular formula is C10H22N2O. The van der Waals surface area contributed by atoms with Crippen LogP contribution in [0.4, 0.5) is 0 Å². The van der Waals surface area contributed by atoms with Crippen LogP contribution in [-0.2, 0) is 4.74 Å². The van der Waals surface area contributed by atoms with Crippen molar-refractivity contribution in [2.45, 2.75) is 32.2 Å². The molecule has 2 fully saturated rings. The van der Waals surface area contributed by atoms with Gasteiger partial charge in [0.25, 0.3) is 0 Å². The van der Waals surface area contributed by atoms with Crippen molar-refractivity contribution in [3.8, 4) is 0 Å². The Kier molecular flexibility index (Phi) is 5.35. The molecule has 0 amide bonds. The predicted molar refractivity (Wildman–Crippen MR) is 54.7 cm³/mol. The van der Waals surface area contributed by atoms with E-state index in [1.54, 1.807) is 0 Å². The van der Waals surface area contributed by atoms with Crippen molar-refractivity contribution in [3.63, 3.8) is 0 Å². The molecule has 1 aliphatic carbocycles. The normalized spacial score (nSPS) is 21.7. The average molecular weight is 186 g/mol. The lowest BCUT2D eigenvalue weighted by Gasteiger charge is -2.26. The molecule has 0 atom stereocenters. The van der Waals surface area contributed by atoms with Crippen molar-refractivity contribution in [3.05, 3.63) is 0 Å². The molecule has 0 unspecified atom stereocenters. The first-order chi connectivity index (χ1) is 6.36. The summed E-state index contributed by atoms with van der Waals surface area (Å²) in [5, 5.41) is 3.22. The Morgan fingerprint density at radius 2 is 2.08 bits per heavy atom. The number of nitrogens with two attached hydrogens (primary N) is 1. The Balaban J connectivity index is 0.000000145. The summed E-state index contributed by atoms with van der Waals surface area (Å²) in [6, 6.07) is 0.582. The fraction of sp³-hybridized carbons (Fsp3) is 1.00. The predicted octanol–water partition coefficient (Wildman–Crippen LogP) is 0.740. The highest BCUT2D eigenvalue weighted by Crippen LogP contribution is 2.31. The van der Waals surface area contributed by atoms with Crippen molar-refractivity contribution in [1.82, 2.24) is 5.32 Å². The Morgan fingerprint density at radius 3 is 2.31 bits per heavy atom. The van der Waals surface area contributed by atoms with Crippen molar-refractivity contribution >= 4 is 0 Å². The summed E-state index contributed by atoms with van der Waals surface area (Å²) >= 11 is 0. The maximum atomic E-state index is 5.25. The summed E-state index contributed by atoms with van der Waals surface area (Å²) in [5.41, 5.74) is 5.25. The van der Waals surface area contributed by atoms with E-state index in [9.17, 15) is 0 Å². The third kappa shape index (κ3) is 5.24. The number of rotatable bonds is 4. The van der Waals surface area contributed by atoms with E-state index in [0.717, 1.165) is 32.2 Å². The van der Waals surface area contributed by atoms with Crippen LogP contribution in [0.5, 0.6) is 0 Å². The fourth-order valence-electron chi connectivity index (χ4n) is 1.17. The van der Waals surface area contributed by atoms with Gasteiger partial charge in [-0.2, -0.15) is 0 Å². The van der Waals surface area contributed by atoms with Crippen LogP contribution in [0.2, 0.25) is 0 Å². The zero-order valence-electron chi connectivity index (χ0n) is 8.59. The Bertz CT molecular complexity index is 122. The van der Waals surface area contributed by atoms with E-state index in [1.807, 2.05) is 0 Å². The van der Waals surface area contributed by atoms with Crippen LogP contribution in [0.15, 0.2) is 0 Å². The molecule has 1 saturated heterocycles. The molecule has 1 heterocycles. The smallest absolute Gasteiger partial charge is 0.0643 e. The van der Waals surface area contributed by atoms with E-state index in [4.69, 9.17) is 10.5 Å². The SMILES string of the molecule is CCC1CC1.NCCNC1COC1. The summed E-state index contributed by atoms with van der Waals surface area (Å²) in [6.07, 6.45) is 4.44. The molecule has 0 radical (unpaired) electrons. The molecule has 78 valence electrons. The molecule has 3 nitrogen and oxygen atoms in total. The molecule has 2 aliphatic rings. The Hall–Kier alpha value is -0.120. The van der Waals surface area contributed by atoms with Crippen LogP contribution in [0, 0.1) is 5.92 Å². The van der Waals surface area contributed by atoms with E-state index >= 15 is 0 Å². The number of ether oxygens (including phenoxy) is 1. The molecule has 3 N–H and O–H groups in total. The van der Waals surface area contributed by atoms with E-state index in [0.29, 0.717) is 6.04 Å². The van der Waals surface area contributed by atoms with Gasteiger partial charge in [0.2, 0.25) is 0 Å². The molecule has 1 aliphatic heterocycles. The summed E-state index contributed by atoms with van der Waals surface area (Å²) in [6.45, 7) is 5.61. The minimum atomic E-state index is 0.582. The topological polar surface area (TPSA) is 47.3 Å². The van der Waals surface area contributed by atoms with Gasteiger partial charge in [-0.25, -0.2) is 0 Å². The number of hydrogen-bond acceptors (Lipinski definition) is 3. The zero-order chi connectivity index (χ0) is 9.52. The number of nitrogens with one attached hydrogen (secondary N) is 1. The molecule has 0 spiro atoms. The lowest BCUT2D eigenvalue weighted by Crippen LogP contribution is -2.47. The first kappa shape index (κ1) is 11.0. The summed E-state index contributed by atoms with van der Waals surface area (Å²) in [5.74, 6) is 1.13. The van der Waals surface area contributed by atoms with Gasteiger partial charge in [-0.05, 0) is 5.92 Å². The second-order valence-corrected chi connectivity index (χ2v) is 3.83. The lowest BCUT2D eigenvalue weighted by atomic mass is 10.2. The molecule has 0 bridgehead atoms. The van der Waals surface area contributed by atoms with Crippen LogP contribution in [0.25, 0.3) is 0 Å². The quantitative estimate of drug-likeness (QED) is 0.681. The molecule has 0 aromatic rings. The van der Waals surface area contributed by atoms with Gasteiger partial charge in [0.05, 0.1) is 19.3 Å². The highest BCUT2D eigenvalue weighted by molar-refractivity contribution is 4.72. The van der Waals surface area contributed by atoms with Crippen LogP contribution < -0.4 is 11.1 Å². The van der Waals surface area contributed by atoms with E-state index in [2.05, 4.69) is 12.2 Å². The van der Waals surface area contributed by atoms with Crippen LogP contribution in [0.1, 0.15) is 26.2 Å². The van der Waals surface area contributed by atoms with Gasteiger partial charge in [0.1, 0.15) is 0 Å². The van der Waals surface area contributed by atoms with Gasteiger partial charge >= 0.3 is 0 Å². The minimum Gasteiger partial charge on any atom is -0.378 e. The van der Waals surface area contributed by atoms with Gasteiger partial charge in [-0.1, -0.05) is 26.2 Å². The lowest BCUT2D eigenvalue weighted by molar-refractivity contribution is -0.00443.